The van der Waals surface area contributed by atoms with Crippen LogP contribution in [-0.2, 0) is 4.79 Å². The fourth-order valence-corrected chi connectivity index (χ4v) is 3.18. The van der Waals surface area contributed by atoms with Gasteiger partial charge in [0, 0.05) is 18.3 Å². The van der Waals surface area contributed by atoms with E-state index in [1.54, 1.807) is 36.4 Å². The summed E-state index contributed by atoms with van der Waals surface area (Å²) in [5.41, 5.74) is 1.95. The molecular weight excluding hydrogens is 372 g/mol. The Kier molecular flexibility index (Phi) is 4.64. The van der Waals surface area contributed by atoms with Crippen LogP contribution in [0.5, 0.6) is 5.75 Å². The molecule has 0 saturated carbocycles. The van der Waals surface area contributed by atoms with Gasteiger partial charge < -0.3 is 19.4 Å². The molecule has 0 saturated heterocycles. The maximum Gasteiger partial charge on any atom is 0.291 e. The Labute approximate surface area is 166 Å². The zero-order valence-corrected chi connectivity index (χ0v) is 15.7. The molecule has 0 aliphatic carbocycles. The second-order valence-electron chi connectivity index (χ2n) is 6.69. The Morgan fingerprint density at radius 3 is 2.83 bits per heavy atom. The van der Waals surface area contributed by atoms with E-state index in [0.717, 1.165) is 5.56 Å². The quantitative estimate of drug-likeness (QED) is 0.691. The van der Waals surface area contributed by atoms with Gasteiger partial charge in [0.05, 0.1) is 11.1 Å². The highest BCUT2D eigenvalue weighted by atomic mass is 16.5. The largest absolute Gasteiger partial charge is 0.482 e. The van der Waals surface area contributed by atoms with Gasteiger partial charge in [-0.05, 0) is 37.3 Å². The van der Waals surface area contributed by atoms with E-state index in [1.165, 1.54) is 11.0 Å². The predicted molar refractivity (Wildman–Crippen MR) is 110 cm³/mol. The Bertz CT molecular complexity index is 1210. The van der Waals surface area contributed by atoms with Crippen LogP contribution in [0.2, 0.25) is 0 Å². The van der Waals surface area contributed by atoms with Gasteiger partial charge in [0.15, 0.2) is 17.8 Å². The van der Waals surface area contributed by atoms with Crippen molar-refractivity contribution in [2.75, 3.05) is 23.4 Å². The number of rotatable bonds is 4. The Balaban J connectivity index is 1.65. The molecule has 1 aromatic heterocycles. The van der Waals surface area contributed by atoms with Gasteiger partial charge in [-0.15, -0.1) is 6.58 Å². The van der Waals surface area contributed by atoms with Gasteiger partial charge in [0.2, 0.25) is 0 Å². The number of anilines is 2. The molecule has 3 aromatic rings. The molecule has 1 N–H and O–H groups in total. The molecule has 2 aromatic carbocycles. The van der Waals surface area contributed by atoms with Crippen molar-refractivity contribution in [3.05, 3.63) is 76.7 Å². The second kappa shape index (κ2) is 7.27. The lowest BCUT2D eigenvalue weighted by Crippen LogP contribution is -2.38. The van der Waals surface area contributed by atoms with E-state index in [4.69, 9.17) is 9.15 Å². The average molecular weight is 390 g/mol. The lowest BCUT2D eigenvalue weighted by molar-refractivity contribution is -0.121. The molecule has 0 spiro atoms. The molecule has 2 amide bonds. The lowest BCUT2D eigenvalue weighted by Gasteiger charge is -2.28. The van der Waals surface area contributed by atoms with Crippen LogP contribution < -0.4 is 20.4 Å². The maximum atomic E-state index is 12.6. The van der Waals surface area contributed by atoms with Crippen molar-refractivity contribution < 1.29 is 18.7 Å². The number of aryl methyl sites for hydroxylation is 1. The van der Waals surface area contributed by atoms with Crippen molar-refractivity contribution in [3.63, 3.8) is 0 Å². The number of fused-ring (bicyclic) bond motifs is 2. The number of ether oxygens (including phenoxy) is 1. The van der Waals surface area contributed by atoms with E-state index in [1.807, 2.05) is 13.0 Å². The van der Waals surface area contributed by atoms with E-state index < -0.39 is 5.91 Å². The molecule has 0 radical (unpaired) electrons. The van der Waals surface area contributed by atoms with E-state index in [9.17, 15) is 14.4 Å². The van der Waals surface area contributed by atoms with E-state index in [-0.39, 0.29) is 23.7 Å². The Morgan fingerprint density at radius 2 is 2.03 bits per heavy atom. The molecule has 0 fully saturated rings. The third-order valence-electron chi connectivity index (χ3n) is 4.58. The molecular formula is C22H18N2O5. The summed E-state index contributed by atoms with van der Waals surface area (Å²) in [6, 6.07) is 11.3. The standard InChI is InChI=1S/C22H18N2O5/c1-3-8-24-16-10-14(5-7-19(16)28-12-21(24)26)23-22(27)20-11-17(25)15-9-13(2)4-6-18(15)29-20/h3-7,9-11H,1,8,12H2,2H3,(H,23,27). The molecule has 7 heteroatoms. The molecule has 1 aliphatic rings. The summed E-state index contributed by atoms with van der Waals surface area (Å²) in [7, 11) is 0. The van der Waals surface area contributed by atoms with Crippen LogP contribution in [0.3, 0.4) is 0 Å². The van der Waals surface area contributed by atoms with Crippen LogP contribution in [0.25, 0.3) is 11.0 Å². The molecule has 0 unspecified atom stereocenters. The van der Waals surface area contributed by atoms with Gasteiger partial charge in [-0.2, -0.15) is 0 Å². The lowest BCUT2D eigenvalue weighted by atomic mass is 10.1. The highest BCUT2D eigenvalue weighted by Gasteiger charge is 2.25. The highest BCUT2D eigenvalue weighted by Crippen LogP contribution is 2.34. The number of nitrogens with one attached hydrogen (secondary N) is 1. The molecule has 0 bridgehead atoms. The summed E-state index contributed by atoms with van der Waals surface area (Å²) in [6.07, 6.45) is 1.61. The number of carbonyl (C=O) groups excluding carboxylic acids is 2. The van der Waals surface area contributed by atoms with Crippen molar-refractivity contribution in [2.45, 2.75) is 6.92 Å². The number of amides is 2. The average Bonchev–Trinajstić information content (AvgIpc) is 2.70. The van der Waals surface area contributed by atoms with Crippen LogP contribution in [-0.4, -0.2) is 25.0 Å². The molecule has 146 valence electrons. The SMILES string of the molecule is C=CCN1C(=O)COc2ccc(NC(=O)c3cc(=O)c4cc(C)ccc4o3)cc21. The topological polar surface area (TPSA) is 88.9 Å². The predicted octanol–water partition coefficient (Wildman–Crippen LogP) is 3.27. The number of hydrogen-bond acceptors (Lipinski definition) is 5. The fourth-order valence-electron chi connectivity index (χ4n) is 3.18. The monoisotopic (exact) mass is 390 g/mol. The van der Waals surface area contributed by atoms with Crippen LogP contribution in [0.1, 0.15) is 16.1 Å². The summed E-state index contributed by atoms with van der Waals surface area (Å²) in [6.45, 7) is 5.82. The van der Waals surface area contributed by atoms with Crippen molar-refractivity contribution in [3.8, 4) is 5.75 Å². The van der Waals surface area contributed by atoms with Gasteiger partial charge in [0.25, 0.3) is 11.8 Å². The summed E-state index contributed by atoms with van der Waals surface area (Å²) in [4.78, 5) is 38.6. The van der Waals surface area contributed by atoms with Gasteiger partial charge in [-0.3, -0.25) is 14.4 Å². The smallest absolute Gasteiger partial charge is 0.291 e. The van der Waals surface area contributed by atoms with Crippen LogP contribution in [0, 0.1) is 6.92 Å². The molecule has 1 aliphatic heterocycles. The van der Waals surface area contributed by atoms with Gasteiger partial charge in [-0.25, -0.2) is 0 Å². The van der Waals surface area contributed by atoms with Gasteiger partial charge in [-0.1, -0.05) is 17.7 Å². The first-order chi connectivity index (χ1) is 14.0. The first-order valence-corrected chi connectivity index (χ1v) is 9.00. The third kappa shape index (κ3) is 3.50. The third-order valence-corrected chi connectivity index (χ3v) is 4.58. The van der Waals surface area contributed by atoms with Crippen LogP contribution in [0.4, 0.5) is 11.4 Å². The first-order valence-electron chi connectivity index (χ1n) is 9.00. The summed E-state index contributed by atoms with van der Waals surface area (Å²) in [5.74, 6) is -0.323. The van der Waals surface area contributed by atoms with Crippen molar-refractivity contribution >= 4 is 34.2 Å². The zero-order valence-electron chi connectivity index (χ0n) is 15.7. The zero-order chi connectivity index (χ0) is 20.5. The van der Waals surface area contributed by atoms with Crippen molar-refractivity contribution in [1.82, 2.24) is 0 Å². The van der Waals surface area contributed by atoms with Gasteiger partial charge in [0.1, 0.15) is 11.3 Å². The van der Waals surface area contributed by atoms with E-state index in [2.05, 4.69) is 11.9 Å². The Morgan fingerprint density at radius 1 is 1.21 bits per heavy atom. The fraction of sp³-hybridized carbons (Fsp3) is 0.136. The van der Waals surface area contributed by atoms with Crippen LogP contribution >= 0.6 is 0 Å². The number of hydrogen-bond donors (Lipinski definition) is 1. The van der Waals surface area contributed by atoms with Gasteiger partial charge >= 0.3 is 0 Å². The van der Waals surface area contributed by atoms with Crippen molar-refractivity contribution in [2.24, 2.45) is 0 Å². The molecule has 29 heavy (non-hydrogen) atoms. The Hall–Kier alpha value is -3.87. The highest BCUT2D eigenvalue weighted by molar-refractivity contribution is 6.04. The minimum absolute atomic E-state index is 0.0474. The molecule has 7 nitrogen and oxygen atoms in total. The summed E-state index contributed by atoms with van der Waals surface area (Å²) in [5, 5.41) is 3.12. The maximum absolute atomic E-state index is 12.6. The number of nitrogens with zero attached hydrogens (tertiary/aromatic N) is 1. The number of carbonyl (C=O) groups is 2. The molecule has 4 rings (SSSR count). The first kappa shape index (κ1) is 18.5. The molecule has 2 heterocycles. The van der Waals surface area contributed by atoms with Crippen molar-refractivity contribution in [1.29, 1.82) is 0 Å². The minimum Gasteiger partial charge on any atom is -0.482 e. The molecule has 0 atom stereocenters. The van der Waals surface area contributed by atoms with Crippen LogP contribution in [0.15, 0.2) is 64.3 Å². The normalized spacial score (nSPS) is 13.0. The minimum atomic E-state index is -0.567. The van der Waals surface area contributed by atoms with E-state index in [0.29, 0.717) is 34.6 Å². The second-order valence-corrected chi connectivity index (χ2v) is 6.69. The van der Waals surface area contributed by atoms with E-state index >= 15 is 0 Å². The summed E-state index contributed by atoms with van der Waals surface area (Å²) >= 11 is 0. The number of benzene rings is 2. The summed E-state index contributed by atoms with van der Waals surface area (Å²) < 4.78 is 11.0.